The fourth-order valence-corrected chi connectivity index (χ4v) is 3.41. The molecule has 0 spiro atoms. The lowest BCUT2D eigenvalue weighted by atomic mass is 9.83. The molecule has 0 bridgehead atoms. The Kier molecular flexibility index (Phi) is 4.23. The number of hydrogen-bond donors (Lipinski definition) is 2. The first-order chi connectivity index (χ1) is 10.9. The Labute approximate surface area is 137 Å². The molecular weight excluding hydrogens is 292 g/mol. The molecule has 2 N–H and O–H groups in total. The van der Waals surface area contributed by atoms with Crippen LogP contribution in [0.25, 0.3) is 0 Å². The highest BCUT2D eigenvalue weighted by molar-refractivity contribution is 5.83. The highest BCUT2D eigenvalue weighted by atomic mass is 16.5. The normalized spacial score (nSPS) is 25.7. The lowest BCUT2D eigenvalue weighted by Crippen LogP contribution is -2.40. The van der Waals surface area contributed by atoms with Crippen molar-refractivity contribution in [2.45, 2.75) is 45.7 Å². The molecule has 1 fully saturated rings. The van der Waals surface area contributed by atoms with Crippen LogP contribution >= 0.6 is 0 Å². The monoisotopic (exact) mass is 318 g/mol. The summed E-state index contributed by atoms with van der Waals surface area (Å²) < 4.78 is 11.3. The molecule has 2 heterocycles. The van der Waals surface area contributed by atoms with E-state index in [1.54, 1.807) is 0 Å². The van der Waals surface area contributed by atoms with Crippen LogP contribution in [-0.2, 0) is 11.3 Å². The second-order valence-corrected chi connectivity index (χ2v) is 7.49. The third-order valence-electron chi connectivity index (χ3n) is 4.60. The molecule has 1 aromatic rings. The molecule has 0 radical (unpaired) electrons. The van der Waals surface area contributed by atoms with Crippen LogP contribution in [0.3, 0.4) is 0 Å². The molecule has 1 unspecified atom stereocenters. The van der Waals surface area contributed by atoms with Crippen LogP contribution in [-0.4, -0.2) is 31.2 Å². The highest BCUT2D eigenvalue weighted by Crippen LogP contribution is 2.35. The third kappa shape index (κ3) is 3.61. The Morgan fingerprint density at radius 2 is 1.96 bits per heavy atom. The number of nitrogens with one attached hydrogen (secondary N) is 2. The van der Waals surface area contributed by atoms with Crippen molar-refractivity contribution >= 4 is 5.91 Å². The van der Waals surface area contributed by atoms with Crippen molar-refractivity contribution in [2.75, 3.05) is 19.8 Å². The van der Waals surface area contributed by atoms with Crippen LogP contribution < -0.4 is 20.1 Å². The average Bonchev–Trinajstić information content (AvgIpc) is 2.69. The number of hydrogen-bond acceptors (Lipinski definition) is 4. The molecule has 0 saturated carbocycles. The number of carbonyl (C=O) groups is 1. The summed E-state index contributed by atoms with van der Waals surface area (Å²) in [6, 6.07) is 5.86. The van der Waals surface area contributed by atoms with Crippen molar-refractivity contribution in [3.8, 4) is 11.5 Å². The molecule has 2 aliphatic heterocycles. The first-order valence-electron chi connectivity index (χ1n) is 8.30. The Bertz CT molecular complexity index is 600. The molecule has 126 valence electrons. The summed E-state index contributed by atoms with van der Waals surface area (Å²) in [6.07, 6.45) is 1.73. The molecule has 2 aliphatic rings. The van der Waals surface area contributed by atoms with E-state index in [1.807, 2.05) is 25.1 Å². The van der Waals surface area contributed by atoms with E-state index >= 15 is 0 Å². The van der Waals surface area contributed by atoms with Gasteiger partial charge in [0.25, 0.3) is 0 Å². The SMILES string of the molecule is CC1(C)CC(C)(C(=O)NCc2ccc3c(c2)OCCCO3)CN1. The summed E-state index contributed by atoms with van der Waals surface area (Å²) in [5.41, 5.74) is 0.687. The van der Waals surface area contributed by atoms with Gasteiger partial charge in [0.1, 0.15) is 0 Å². The number of carbonyl (C=O) groups excluding carboxylic acids is 1. The van der Waals surface area contributed by atoms with E-state index in [0.29, 0.717) is 26.3 Å². The Morgan fingerprint density at radius 3 is 2.65 bits per heavy atom. The van der Waals surface area contributed by atoms with Crippen LogP contribution in [0.4, 0.5) is 0 Å². The number of ether oxygens (including phenoxy) is 2. The van der Waals surface area contributed by atoms with Crippen molar-refractivity contribution in [2.24, 2.45) is 5.41 Å². The number of rotatable bonds is 3. The standard InChI is InChI=1S/C18H26N2O3/c1-17(2)11-18(3,12-20-17)16(21)19-10-13-5-6-14-15(9-13)23-8-4-7-22-14/h5-6,9,20H,4,7-8,10-12H2,1-3H3,(H,19,21). The maximum absolute atomic E-state index is 12.6. The van der Waals surface area contributed by atoms with Gasteiger partial charge in [-0.25, -0.2) is 0 Å². The molecule has 5 heteroatoms. The summed E-state index contributed by atoms with van der Waals surface area (Å²) in [6.45, 7) is 8.87. The zero-order chi connectivity index (χ0) is 16.5. The minimum Gasteiger partial charge on any atom is -0.490 e. The molecule has 3 rings (SSSR count). The molecular formula is C18H26N2O3. The maximum atomic E-state index is 12.6. The number of fused-ring (bicyclic) bond motifs is 1. The summed E-state index contributed by atoms with van der Waals surface area (Å²) in [5, 5.41) is 6.48. The van der Waals surface area contributed by atoms with Crippen LogP contribution in [0.2, 0.25) is 0 Å². The minimum atomic E-state index is -0.352. The molecule has 23 heavy (non-hydrogen) atoms. The second kappa shape index (κ2) is 6.04. The van der Waals surface area contributed by atoms with Crippen LogP contribution in [0.15, 0.2) is 18.2 Å². The summed E-state index contributed by atoms with van der Waals surface area (Å²) in [5.74, 6) is 1.65. The second-order valence-electron chi connectivity index (χ2n) is 7.49. The van der Waals surface area contributed by atoms with Crippen molar-refractivity contribution < 1.29 is 14.3 Å². The van der Waals surface area contributed by atoms with Crippen molar-refractivity contribution in [1.29, 1.82) is 0 Å². The number of amides is 1. The zero-order valence-electron chi connectivity index (χ0n) is 14.2. The van der Waals surface area contributed by atoms with Crippen LogP contribution in [0.1, 0.15) is 39.2 Å². The molecule has 0 aromatic heterocycles. The fourth-order valence-electron chi connectivity index (χ4n) is 3.41. The predicted molar refractivity (Wildman–Crippen MR) is 88.7 cm³/mol. The van der Waals surface area contributed by atoms with Gasteiger partial charge in [-0.15, -0.1) is 0 Å². The van der Waals surface area contributed by atoms with Gasteiger partial charge in [-0.1, -0.05) is 6.07 Å². The van der Waals surface area contributed by atoms with Crippen LogP contribution in [0, 0.1) is 5.41 Å². The van der Waals surface area contributed by atoms with Gasteiger partial charge in [-0.05, 0) is 44.9 Å². The fraction of sp³-hybridized carbons (Fsp3) is 0.611. The molecule has 5 nitrogen and oxygen atoms in total. The van der Waals surface area contributed by atoms with Gasteiger partial charge in [-0.3, -0.25) is 4.79 Å². The van der Waals surface area contributed by atoms with Gasteiger partial charge in [0.15, 0.2) is 11.5 Å². The Morgan fingerprint density at radius 1 is 1.22 bits per heavy atom. The quantitative estimate of drug-likeness (QED) is 0.897. The van der Waals surface area contributed by atoms with E-state index in [4.69, 9.17) is 9.47 Å². The molecule has 1 saturated heterocycles. The number of benzene rings is 1. The maximum Gasteiger partial charge on any atom is 0.227 e. The van der Waals surface area contributed by atoms with E-state index < -0.39 is 0 Å². The summed E-state index contributed by atoms with van der Waals surface area (Å²) >= 11 is 0. The Balaban J connectivity index is 1.62. The third-order valence-corrected chi connectivity index (χ3v) is 4.60. The minimum absolute atomic E-state index is 0.0152. The molecule has 1 atom stereocenters. The van der Waals surface area contributed by atoms with Crippen molar-refractivity contribution in [3.05, 3.63) is 23.8 Å². The largest absolute Gasteiger partial charge is 0.490 e. The van der Waals surface area contributed by atoms with Gasteiger partial charge in [-0.2, -0.15) is 0 Å². The lowest BCUT2D eigenvalue weighted by molar-refractivity contribution is -0.129. The van der Waals surface area contributed by atoms with Gasteiger partial charge < -0.3 is 20.1 Å². The predicted octanol–water partition coefficient (Wildman–Crippen LogP) is 2.24. The summed E-state index contributed by atoms with van der Waals surface area (Å²) in [4.78, 5) is 12.6. The molecule has 0 aliphatic carbocycles. The van der Waals surface area contributed by atoms with Gasteiger partial charge >= 0.3 is 0 Å². The van der Waals surface area contributed by atoms with Crippen molar-refractivity contribution in [1.82, 2.24) is 10.6 Å². The van der Waals surface area contributed by atoms with E-state index in [0.717, 1.165) is 29.9 Å². The van der Waals surface area contributed by atoms with E-state index in [2.05, 4.69) is 24.5 Å². The van der Waals surface area contributed by atoms with Gasteiger partial charge in [0.05, 0.1) is 18.6 Å². The first kappa shape index (κ1) is 16.1. The van der Waals surface area contributed by atoms with E-state index in [9.17, 15) is 4.79 Å². The van der Waals surface area contributed by atoms with Gasteiger partial charge in [0, 0.05) is 25.0 Å². The molecule has 1 aromatic carbocycles. The first-order valence-corrected chi connectivity index (χ1v) is 8.30. The zero-order valence-corrected chi connectivity index (χ0v) is 14.2. The van der Waals surface area contributed by atoms with E-state index in [1.165, 1.54) is 0 Å². The Hall–Kier alpha value is -1.75. The lowest BCUT2D eigenvalue weighted by Gasteiger charge is -2.24. The van der Waals surface area contributed by atoms with Crippen molar-refractivity contribution in [3.63, 3.8) is 0 Å². The highest BCUT2D eigenvalue weighted by Gasteiger charge is 2.44. The summed E-state index contributed by atoms with van der Waals surface area (Å²) in [7, 11) is 0. The smallest absolute Gasteiger partial charge is 0.227 e. The van der Waals surface area contributed by atoms with E-state index in [-0.39, 0.29) is 16.9 Å². The molecule has 1 amide bonds. The van der Waals surface area contributed by atoms with Gasteiger partial charge in [0.2, 0.25) is 5.91 Å². The topological polar surface area (TPSA) is 59.6 Å². The average molecular weight is 318 g/mol. The van der Waals surface area contributed by atoms with Crippen LogP contribution in [0.5, 0.6) is 11.5 Å².